The molecule has 1 nitrogen and oxygen atoms in total. The highest BCUT2D eigenvalue weighted by atomic mass is 79.9. The Kier molecular flexibility index (Phi) is 4.31. The Morgan fingerprint density at radius 2 is 1.72 bits per heavy atom. The number of halogens is 2. The number of nitrogens with one attached hydrogen (secondary N) is 1. The Bertz CT molecular complexity index is 546. The summed E-state index contributed by atoms with van der Waals surface area (Å²) in [5.41, 5.74) is 4.88. The fourth-order valence-corrected chi connectivity index (χ4v) is 2.76. The van der Waals surface area contributed by atoms with Crippen molar-refractivity contribution in [3.63, 3.8) is 0 Å². The molecule has 0 spiro atoms. The van der Waals surface area contributed by atoms with Gasteiger partial charge in [-0.3, -0.25) is 0 Å². The van der Waals surface area contributed by atoms with Crippen LogP contribution >= 0.6 is 27.5 Å². The van der Waals surface area contributed by atoms with Crippen LogP contribution in [-0.4, -0.2) is 0 Å². The standard InChI is InChI=1S/C15H15BrClN/c1-10-5-11(2)7-14(6-10)18-9-12-3-4-13(17)8-15(12)16/h3-8,18H,9H2,1-2H3. The maximum Gasteiger partial charge on any atom is 0.0417 e. The lowest BCUT2D eigenvalue weighted by Crippen LogP contribution is -2.00. The third-order valence-electron chi connectivity index (χ3n) is 2.72. The molecule has 0 radical (unpaired) electrons. The second kappa shape index (κ2) is 5.77. The molecule has 0 aliphatic carbocycles. The molecular formula is C15H15BrClN. The zero-order valence-electron chi connectivity index (χ0n) is 10.4. The van der Waals surface area contributed by atoms with Crippen LogP contribution in [0.4, 0.5) is 5.69 Å². The molecule has 0 fully saturated rings. The summed E-state index contributed by atoms with van der Waals surface area (Å²) in [6.07, 6.45) is 0. The second-order valence-corrected chi connectivity index (χ2v) is 5.76. The van der Waals surface area contributed by atoms with E-state index >= 15 is 0 Å². The quantitative estimate of drug-likeness (QED) is 0.804. The first-order valence-electron chi connectivity index (χ1n) is 5.81. The molecule has 0 saturated heterocycles. The number of hydrogen-bond donors (Lipinski definition) is 1. The topological polar surface area (TPSA) is 12.0 Å². The first-order chi connectivity index (χ1) is 8.54. The molecule has 2 rings (SSSR count). The average Bonchev–Trinajstić information content (AvgIpc) is 2.26. The number of benzene rings is 2. The van der Waals surface area contributed by atoms with Gasteiger partial charge in [0.05, 0.1) is 0 Å². The Morgan fingerprint density at radius 1 is 1.06 bits per heavy atom. The molecule has 2 aromatic carbocycles. The van der Waals surface area contributed by atoms with Crippen molar-refractivity contribution < 1.29 is 0 Å². The molecule has 0 heterocycles. The molecule has 0 bridgehead atoms. The van der Waals surface area contributed by atoms with Gasteiger partial charge in [-0.15, -0.1) is 0 Å². The van der Waals surface area contributed by atoms with Crippen molar-refractivity contribution in [2.45, 2.75) is 20.4 Å². The van der Waals surface area contributed by atoms with Crippen LogP contribution in [0.2, 0.25) is 5.02 Å². The second-order valence-electron chi connectivity index (χ2n) is 4.47. The number of anilines is 1. The fraction of sp³-hybridized carbons (Fsp3) is 0.200. The van der Waals surface area contributed by atoms with Crippen LogP contribution in [0.1, 0.15) is 16.7 Å². The molecule has 0 aromatic heterocycles. The molecule has 0 aliphatic rings. The van der Waals surface area contributed by atoms with Gasteiger partial charge >= 0.3 is 0 Å². The van der Waals surface area contributed by atoms with E-state index in [0.29, 0.717) is 0 Å². The van der Waals surface area contributed by atoms with Crippen LogP contribution in [-0.2, 0) is 6.54 Å². The van der Waals surface area contributed by atoms with E-state index in [4.69, 9.17) is 11.6 Å². The van der Waals surface area contributed by atoms with Gasteiger partial charge in [0.25, 0.3) is 0 Å². The predicted octanol–water partition coefficient (Wildman–Crippen LogP) is 5.33. The van der Waals surface area contributed by atoms with Crippen molar-refractivity contribution >= 4 is 33.2 Å². The predicted molar refractivity (Wildman–Crippen MR) is 82.4 cm³/mol. The SMILES string of the molecule is Cc1cc(C)cc(NCc2ccc(Cl)cc2Br)c1. The van der Waals surface area contributed by atoms with E-state index in [-0.39, 0.29) is 0 Å². The van der Waals surface area contributed by atoms with Gasteiger partial charge in [-0.1, -0.05) is 39.7 Å². The van der Waals surface area contributed by atoms with Crippen molar-refractivity contribution in [1.29, 1.82) is 0 Å². The number of rotatable bonds is 3. The van der Waals surface area contributed by atoms with Gasteiger partial charge < -0.3 is 5.32 Å². The molecule has 0 atom stereocenters. The monoisotopic (exact) mass is 323 g/mol. The third-order valence-corrected chi connectivity index (χ3v) is 3.69. The van der Waals surface area contributed by atoms with Crippen molar-refractivity contribution in [2.24, 2.45) is 0 Å². The zero-order chi connectivity index (χ0) is 13.1. The highest BCUT2D eigenvalue weighted by Crippen LogP contribution is 2.23. The lowest BCUT2D eigenvalue weighted by molar-refractivity contribution is 1.13. The van der Waals surface area contributed by atoms with Crippen LogP contribution in [0, 0.1) is 13.8 Å². The van der Waals surface area contributed by atoms with Crippen molar-refractivity contribution in [3.05, 3.63) is 62.6 Å². The van der Waals surface area contributed by atoms with Gasteiger partial charge in [0.15, 0.2) is 0 Å². The summed E-state index contributed by atoms with van der Waals surface area (Å²) >= 11 is 9.45. The molecule has 0 amide bonds. The fourth-order valence-electron chi connectivity index (χ4n) is 1.94. The van der Waals surface area contributed by atoms with Crippen molar-refractivity contribution in [3.8, 4) is 0 Å². The van der Waals surface area contributed by atoms with Crippen LogP contribution in [0.15, 0.2) is 40.9 Å². The Morgan fingerprint density at radius 3 is 2.33 bits per heavy atom. The summed E-state index contributed by atoms with van der Waals surface area (Å²) in [5.74, 6) is 0. The zero-order valence-corrected chi connectivity index (χ0v) is 12.8. The van der Waals surface area contributed by atoms with Crippen LogP contribution in [0.3, 0.4) is 0 Å². The first-order valence-corrected chi connectivity index (χ1v) is 6.98. The lowest BCUT2D eigenvalue weighted by atomic mass is 10.1. The van der Waals surface area contributed by atoms with E-state index in [1.807, 2.05) is 18.2 Å². The lowest BCUT2D eigenvalue weighted by Gasteiger charge is -2.10. The van der Waals surface area contributed by atoms with Gasteiger partial charge in [0.1, 0.15) is 0 Å². The minimum atomic E-state index is 0.747. The smallest absolute Gasteiger partial charge is 0.0417 e. The van der Waals surface area contributed by atoms with E-state index < -0.39 is 0 Å². The summed E-state index contributed by atoms with van der Waals surface area (Å²) in [7, 11) is 0. The summed E-state index contributed by atoms with van der Waals surface area (Å²) in [5, 5.41) is 4.18. The summed E-state index contributed by atoms with van der Waals surface area (Å²) in [6.45, 7) is 4.99. The van der Waals surface area contributed by atoms with E-state index in [1.165, 1.54) is 16.7 Å². The van der Waals surface area contributed by atoms with Gasteiger partial charge in [-0.05, 0) is 54.8 Å². The van der Waals surface area contributed by atoms with Crippen LogP contribution < -0.4 is 5.32 Å². The molecule has 0 saturated carbocycles. The molecule has 2 aromatic rings. The summed E-state index contributed by atoms with van der Waals surface area (Å²) < 4.78 is 1.03. The number of hydrogen-bond acceptors (Lipinski definition) is 1. The normalized spacial score (nSPS) is 10.4. The molecule has 94 valence electrons. The van der Waals surface area contributed by atoms with E-state index in [9.17, 15) is 0 Å². The highest BCUT2D eigenvalue weighted by molar-refractivity contribution is 9.10. The molecule has 0 aliphatic heterocycles. The van der Waals surface area contributed by atoms with Crippen LogP contribution in [0.25, 0.3) is 0 Å². The van der Waals surface area contributed by atoms with Gasteiger partial charge in [0, 0.05) is 21.7 Å². The Balaban J connectivity index is 2.11. The van der Waals surface area contributed by atoms with Crippen molar-refractivity contribution in [1.82, 2.24) is 0 Å². The largest absolute Gasteiger partial charge is 0.381 e. The van der Waals surface area contributed by atoms with E-state index in [2.05, 4.69) is 53.3 Å². The molecule has 3 heteroatoms. The van der Waals surface area contributed by atoms with Gasteiger partial charge in [-0.2, -0.15) is 0 Å². The van der Waals surface area contributed by atoms with Gasteiger partial charge in [-0.25, -0.2) is 0 Å². The summed E-state index contributed by atoms with van der Waals surface area (Å²) in [4.78, 5) is 0. The number of aryl methyl sites for hydroxylation is 2. The van der Waals surface area contributed by atoms with Gasteiger partial charge in [0.2, 0.25) is 0 Å². The molecular weight excluding hydrogens is 310 g/mol. The van der Waals surface area contributed by atoms with Crippen LogP contribution in [0.5, 0.6) is 0 Å². The van der Waals surface area contributed by atoms with Crippen molar-refractivity contribution in [2.75, 3.05) is 5.32 Å². The molecule has 0 unspecified atom stereocenters. The average molecular weight is 325 g/mol. The molecule has 1 N–H and O–H groups in total. The first kappa shape index (κ1) is 13.4. The Labute approximate surface area is 121 Å². The Hall–Kier alpha value is -0.990. The van der Waals surface area contributed by atoms with E-state index in [0.717, 1.165) is 21.7 Å². The minimum absolute atomic E-state index is 0.747. The van der Waals surface area contributed by atoms with E-state index in [1.54, 1.807) is 0 Å². The summed E-state index contributed by atoms with van der Waals surface area (Å²) in [6, 6.07) is 12.3. The minimum Gasteiger partial charge on any atom is -0.381 e. The highest BCUT2D eigenvalue weighted by Gasteiger charge is 2.01. The third kappa shape index (κ3) is 3.50. The maximum atomic E-state index is 5.93. The maximum absolute atomic E-state index is 5.93. The molecule has 18 heavy (non-hydrogen) atoms.